The SMILES string of the molecule is CNC(=O)c1nnc(CC2=CCC=C2)c2cc(-c3ccc(Cl)cc3)sc12. The number of hydrogen-bond donors (Lipinski definition) is 1. The number of carbonyl (C=O) groups excluding carboxylic acids is 1. The molecule has 0 spiro atoms. The molecular formula is C20H16ClN3OS. The Morgan fingerprint density at radius 2 is 2.08 bits per heavy atom. The van der Waals surface area contributed by atoms with Crippen LogP contribution in [0.5, 0.6) is 0 Å². The summed E-state index contributed by atoms with van der Waals surface area (Å²) in [6.45, 7) is 0. The lowest BCUT2D eigenvalue weighted by molar-refractivity contribution is 0.0959. The molecule has 130 valence electrons. The van der Waals surface area contributed by atoms with E-state index in [1.54, 1.807) is 18.4 Å². The van der Waals surface area contributed by atoms with Crippen LogP contribution in [0.1, 0.15) is 22.6 Å². The predicted octanol–water partition coefficient (Wildman–Crippen LogP) is 4.80. The summed E-state index contributed by atoms with van der Waals surface area (Å²) in [5.74, 6) is -0.224. The van der Waals surface area contributed by atoms with Gasteiger partial charge in [0.05, 0.1) is 10.4 Å². The van der Waals surface area contributed by atoms with E-state index in [0.717, 1.165) is 32.6 Å². The standard InChI is InChI=1S/C20H16ClN3OS/c1-22-20(25)18-19-15(16(23-24-18)10-12-4-2-3-5-12)11-17(26-19)13-6-8-14(21)9-7-13/h2,4-9,11H,3,10H2,1H3,(H,22,25). The molecule has 1 aliphatic carbocycles. The van der Waals surface area contributed by atoms with E-state index in [1.165, 1.54) is 5.57 Å². The van der Waals surface area contributed by atoms with E-state index in [9.17, 15) is 4.79 Å². The summed E-state index contributed by atoms with van der Waals surface area (Å²) in [5, 5.41) is 12.9. The first-order valence-corrected chi connectivity index (χ1v) is 9.48. The van der Waals surface area contributed by atoms with Gasteiger partial charge in [-0.25, -0.2) is 0 Å². The quantitative estimate of drug-likeness (QED) is 0.706. The molecule has 0 unspecified atom stereocenters. The van der Waals surface area contributed by atoms with E-state index in [2.05, 4.69) is 39.8 Å². The minimum atomic E-state index is -0.224. The van der Waals surface area contributed by atoms with Crippen molar-refractivity contribution in [3.05, 3.63) is 70.5 Å². The fourth-order valence-corrected chi connectivity index (χ4v) is 4.27. The summed E-state index contributed by atoms with van der Waals surface area (Å²) in [6.07, 6.45) is 8.11. The minimum absolute atomic E-state index is 0.224. The normalized spacial score (nSPS) is 13.2. The monoisotopic (exact) mass is 381 g/mol. The average Bonchev–Trinajstić information content (AvgIpc) is 3.32. The molecule has 3 aromatic rings. The van der Waals surface area contributed by atoms with Crippen molar-refractivity contribution in [3.8, 4) is 10.4 Å². The first kappa shape index (κ1) is 16.9. The van der Waals surface area contributed by atoms with Crippen LogP contribution < -0.4 is 5.32 Å². The highest BCUT2D eigenvalue weighted by atomic mass is 35.5. The molecule has 2 heterocycles. The Kier molecular flexibility index (Phi) is 4.57. The van der Waals surface area contributed by atoms with Crippen molar-refractivity contribution in [2.75, 3.05) is 7.05 Å². The zero-order valence-electron chi connectivity index (χ0n) is 14.1. The molecule has 0 atom stereocenters. The second-order valence-corrected chi connectivity index (χ2v) is 7.52. The second-order valence-electron chi connectivity index (χ2n) is 6.03. The van der Waals surface area contributed by atoms with Crippen molar-refractivity contribution in [2.24, 2.45) is 0 Å². The highest BCUT2D eigenvalue weighted by molar-refractivity contribution is 7.22. The average molecular weight is 382 g/mol. The van der Waals surface area contributed by atoms with Crippen LogP contribution >= 0.6 is 22.9 Å². The minimum Gasteiger partial charge on any atom is -0.354 e. The number of hydrogen-bond acceptors (Lipinski definition) is 4. The molecule has 0 saturated heterocycles. The topological polar surface area (TPSA) is 54.9 Å². The Morgan fingerprint density at radius 1 is 1.27 bits per heavy atom. The Labute approximate surface area is 160 Å². The van der Waals surface area contributed by atoms with Crippen LogP contribution in [0, 0.1) is 0 Å². The van der Waals surface area contributed by atoms with Crippen molar-refractivity contribution in [1.82, 2.24) is 15.5 Å². The molecule has 26 heavy (non-hydrogen) atoms. The molecule has 4 rings (SSSR count). The molecule has 1 amide bonds. The summed E-state index contributed by atoms with van der Waals surface area (Å²) in [5.41, 5.74) is 3.55. The largest absolute Gasteiger partial charge is 0.354 e. The fraction of sp³-hybridized carbons (Fsp3) is 0.150. The van der Waals surface area contributed by atoms with Gasteiger partial charge in [-0.15, -0.1) is 16.4 Å². The van der Waals surface area contributed by atoms with Crippen LogP contribution in [0.2, 0.25) is 5.02 Å². The van der Waals surface area contributed by atoms with Crippen LogP contribution in [0.15, 0.2) is 54.1 Å². The van der Waals surface area contributed by atoms with Gasteiger partial charge in [0, 0.05) is 28.8 Å². The highest BCUT2D eigenvalue weighted by Gasteiger charge is 2.19. The summed E-state index contributed by atoms with van der Waals surface area (Å²) in [4.78, 5) is 13.3. The molecule has 1 N–H and O–H groups in total. The third-order valence-corrected chi connectivity index (χ3v) is 5.76. The molecule has 2 aromatic heterocycles. The van der Waals surface area contributed by atoms with E-state index >= 15 is 0 Å². The lowest BCUT2D eigenvalue weighted by Crippen LogP contribution is -2.20. The lowest BCUT2D eigenvalue weighted by atomic mass is 10.1. The number of amides is 1. The van der Waals surface area contributed by atoms with Crippen LogP contribution in [-0.4, -0.2) is 23.2 Å². The van der Waals surface area contributed by atoms with Crippen molar-refractivity contribution in [3.63, 3.8) is 0 Å². The number of rotatable bonds is 4. The van der Waals surface area contributed by atoms with Gasteiger partial charge < -0.3 is 5.32 Å². The van der Waals surface area contributed by atoms with Gasteiger partial charge in [-0.1, -0.05) is 42.0 Å². The lowest BCUT2D eigenvalue weighted by Gasteiger charge is -2.04. The highest BCUT2D eigenvalue weighted by Crippen LogP contribution is 2.37. The van der Waals surface area contributed by atoms with E-state index in [0.29, 0.717) is 17.1 Å². The van der Waals surface area contributed by atoms with Crippen LogP contribution in [0.3, 0.4) is 0 Å². The number of nitrogens with one attached hydrogen (secondary N) is 1. The number of benzene rings is 1. The summed E-state index contributed by atoms with van der Waals surface area (Å²) in [6, 6.07) is 9.79. The number of halogens is 1. The molecular weight excluding hydrogens is 366 g/mol. The van der Waals surface area contributed by atoms with Crippen LogP contribution in [-0.2, 0) is 6.42 Å². The number of thiophene rings is 1. The van der Waals surface area contributed by atoms with Gasteiger partial charge in [0.1, 0.15) is 0 Å². The summed E-state index contributed by atoms with van der Waals surface area (Å²) in [7, 11) is 1.60. The molecule has 0 aliphatic heterocycles. The Bertz CT molecular complexity index is 1050. The number of aromatic nitrogens is 2. The predicted molar refractivity (Wildman–Crippen MR) is 107 cm³/mol. The Balaban J connectivity index is 1.86. The number of nitrogens with zero attached hydrogens (tertiary/aromatic N) is 2. The molecule has 0 fully saturated rings. The second kappa shape index (κ2) is 7.02. The molecule has 0 saturated carbocycles. The van der Waals surface area contributed by atoms with E-state index in [-0.39, 0.29) is 5.91 Å². The van der Waals surface area contributed by atoms with E-state index in [4.69, 9.17) is 11.6 Å². The van der Waals surface area contributed by atoms with Crippen molar-refractivity contribution in [2.45, 2.75) is 12.8 Å². The maximum Gasteiger partial charge on any atom is 0.273 e. The van der Waals surface area contributed by atoms with Gasteiger partial charge in [-0.2, -0.15) is 5.10 Å². The molecule has 1 aliphatic rings. The third kappa shape index (κ3) is 3.16. The molecule has 1 aromatic carbocycles. The van der Waals surface area contributed by atoms with Gasteiger partial charge in [0.25, 0.3) is 5.91 Å². The Morgan fingerprint density at radius 3 is 2.77 bits per heavy atom. The number of fused-ring (bicyclic) bond motifs is 1. The van der Waals surface area contributed by atoms with E-state index in [1.807, 2.05) is 24.3 Å². The fourth-order valence-electron chi connectivity index (χ4n) is 2.98. The van der Waals surface area contributed by atoms with Gasteiger partial charge in [0.15, 0.2) is 5.69 Å². The summed E-state index contributed by atoms with van der Waals surface area (Å²) < 4.78 is 0.863. The number of carbonyl (C=O) groups is 1. The van der Waals surface area contributed by atoms with Gasteiger partial charge in [-0.05, 0) is 35.8 Å². The summed E-state index contributed by atoms with van der Waals surface area (Å²) >= 11 is 7.56. The maximum atomic E-state index is 12.2. The van der Waals surface area contributed by atoms with Gasteiger partial charge in [-0.3, -0.25) is 4.79 Å². The smallest absolute Gasteiger partial charge is 0.273 e. The first-order valence-electron chi connectivity index (χ1n) is 8.28. The van der Waals surface area contributed by atoms with Crippen molar-refractivity contribution in [1.29, 1.82) is 0 Å². The molecule has 4 nitrogen and oxygen atoms in total. The zero-order chi connectivity index (χ0) is 18.1. The van der Waals surface area contributed by atoms with Crippen LogP contribution in [0.25, 0.3) is 20.5 Å². The molecule has 0 radical (unpaired) electrons. The van der Waals surface area contributed by atoms with Crippen LogP contribution in [0.4, 0.5) is 0 Å². The zero-order valence-corrected chi connectivity index (χ0v) is 15.7. The third-order valence-electron chi connectivity index (χ3n) is 4.32. The van der Waals surface area contributed by atoms with Gasteiger partial charge in [0.2, 0.25) is 0 Å². The van der Waals surface area contributed by atoms with Crippen molar-refractivity contribution < 1.29 is 4.79 Å². The molecule has 6 heteroatoms. The van der Waals surface area contributed by atoms with Gasteiger partial charge >= 0.3 is 0 Å². The van der Waals surface area contributed by atoms with Crippen molar-refractivity contribution >= 4 is 38.9 Å². The number of allylic oxidation sites excluding steroid dienone is 4. The maximum absolute atomic E-state index is 12.2. The first-order chi connectivity index (χ1) is 12.7. The Hall–Kier alpha value is -2.50. The molecule has 0 bridgehead atoms. The van der Waals surface area contributed by atoms with E-state index < -0.39 is 0 Å².